The molecule has 0 spiro atoms. The van der Waals surface area contributed by atoms with E-state index in [1.165, 1.54) is 4.90 Å². The van der Waals surface area contributed by atoms with Gasteiger partial charge in [-0.2, -0.15) is 0 Å². The van der Waals surface area contributed by atoms with Gasteiger partial charge in [0.2, 0.25) is 5.91 Å². The molecule has 2 atom stereocenters. The van der Waals surface area contributed by atoms with E-state index in [1.54, 1.807) is 26.0 Å². The van der Waals surface area contributed by atoms with Crippen LogP contribution in [0.1, 0.15) is 43.5 Å². The number of hydrogen-bond donors (Lipinski definition) is 2. The summed E-state index contributed by atoms with van der Waals surface area (Å²) in [7, 11) is 0. The highest BCUT2D eigenvalue weighted by molar-refractivity contribution is 5.98. The summed E-state index contributed by atoms with van der Waals surface area (Å²) >= 11 is 0. The van der Waals surface area contributed by atoms with Crippen molar-refractivity contribution in [3.63, 3.8) is 0 Å². The Morgan fingerprint density at radius 3 is 2.16 bits per heavy atom. The quantitative estimate of drug-likeness (QED) is 0.537. The fourth-order valence-corrected chi connectivity index (χ4v) is 5.32. The van der Waals surface area contributed by atoms with Gasteiger partial charge in [0, 0.05) is 31.2 Å². The Bertz CT molecular complexity index is 1060. The molecule has 2 aromatic carbocycles. The van der Waals surface area contributed by atoms with Crippen LogP contribution < -0.4 is 10.5 Å². The zero-order valence-electron chi connectivity index (χ0n) is 21.7. The lowest BCUT2D eigenvalue weighted by Crippen LogP contribution is -2.43. The molecule has 200 valence electrons. The average Bonchev–Trinajstić information content (AvgIpc) is 3.33. The van der Waals surface area contributed by atoms with Gasteiger partial charge in [0.25, 0.3) is 5.91 Å². The van der Waals surface area contributed by atoms with Gasteiger partial charge in [0.1, 0.15) is 17.5 Å². The Kier molecular flexibility index (Phi) is 8.49. The van der Waals surface area contributed by atoms with E-state index in [0.717, 1.165) is 42.8 Å². The minimum absolute atomic E-state index is 0.0789. The minimum atomic E-state index is -1.16. The Hall–Kier alpha value is -2.97. The molecule has 2 heterocycles. The lowest BCUT2D eigenvalue weighted by molar-refractivity contribution is -0.121. The maximum absolute atomic E-state index is 13.9. The molecular formula is C29H38FN3O4. The number of hydrogen-bond acceptors (Lipinski definition) is 5. The second kappa shape index (κ2) is 11.6. The normalized spacial score (nSPS) is 21.2. The fourth-order valence-electron chi connectivity index (χ4n) is 5.32. The number of carbonyl (C=O) groups is 2. The van der Waals surface area contributed by atoms with Crippen molar-refractivity contribution in [1.82, 2.24) is 9.80 Å². The van der Waals surface area contributed by atoms with Crippen molar-refractivity contribution in [2.45, 2.75) is 44.8 Å². The van der Waals surface area contributed by atoms with Crippen molar-refractivity contribution >= 4 is 11.8 Å². The highest BCUT2D eigenvalue weighted by Crippen LogP contribution is 2.28. The number of likely N-dealkylation sites (tertiary alicyclic amines) is 2. The number of benzene rings is 2. The molecule has 4 rings (SSSR count). The third-order valence-electron chi connectivity index (χ3n) is 7.35. The van der Waals surface area contributed by atoms with E-state index in [9.17, 15) is 19.1 Å². The van der Waals surface area contributed by atoms with Crippen molar-refractivity contribution in [2.24, 2.45) is 17.6 Å². The minimum Gasteiger partial charge on any atom is -0.493 e. The Labute approximate surface area is 218 Å². The van der Waals surface area contributed by atoms with Crippen LogP contribution in [-0.4, -0.2) is 77.8 Å². The monoisotopic (exact) mass is 511 g/mol. The maximum atomic E-state index is 13.9. The van der Waals surface area contributed by atoms with Crippen LogP contribution >= 0.6 is 0 Å². The Morgan fingerprint density at radius 1 is 1.03 bits per heavy atom. The molecule has 2 fully saturated rings. The summed E-state index contributed by atoms with van der Waals surface area (Å²) in [4.78, 5) is 28.5. The molecule has 0 bridgehead atoms. The summed E-state index contributed by atoms with van der Waals surface area (Å²) in [5.41, 5.74) is 6.77. The number of primary amides is 1. The highest BCUT2D eigenvalue weighted by atomic mass is 19.1. The molecule has 0 radical (unpaired) electrons. The molecule has 8 heteroatoms. The molecular weight excluding hydrogens is 473 g/mol. The van der Waals surface area contributed by atoms with E-state index < -0.39 is 17.6 Å². The van der Waals surface area contributed by atoms with Crippen LogP contribution in [0.4, 0.5) is 4.39 Å². The number of aliphatic hydroxyl groups excluding tert-OH is 1. The van der Waals surface area contributed by atoms with Crippen LogP contribution in [0.3, 0.4) is 0 Å². The summed E-state index contributed by atoms with van der Waals surface area (Å²) in [6.45, 7) is 6.44. The first-order valence-electron chi connectivity index (χ1n) is 13.1. The van der Waals surface area contributed by atoms with Gasteiger partial charge in [-0.25, -0.2) is 4.39 Å². The number of amides is 2. The van der Waals surface area contributed by atoms with Gasteiger partial charge in [-0.3, -0.25) is 9.59 Å². The molecule has 0 aromatic heterocycles. The van der Waals surface area contributed by atoms with Crippen molar-refractivity contribution < 1.29 is 23.8 Å². The van der Waals surface area contributed by atoms with Crippen molar-refractivity contribution in [3.05, 3.63) is 54.1 Å². The van der Waals surface area contributed by atoms with Crippen molar-refractivity contribution in [3.8, 4) is 16.9 Å². The van der Waals surface area contributed by atoms with Crippen molar-refractivity contribution in [2.75, 3.05) is 39.4 Å². The predicted molar refractivity (Wildman–Crippen MR) is 141 cm³/mol. The van der Waals surface area contributed by atoms with Crippen LogP contribution in [0, 0.1) is 11.8 Å². The third kappa shape index (κ3) is 7.08. The summed E-state index contributed by atoms with van der Waals surface area (Å²) < 4.78 is 19.9. The number of rotatable bonds is 9. The van der Waals surface area contributed by atoms with Gasteiger partial charge in [-0.1, -0.05) is 24.3 Å². The predicted octanol–water partition coefficient (Wildman–Crippen LogP) is 3.50. The number of alkyl halides is 1. The van der Waals surface area contributed by atoms with Crippen LogP contribution in [0.2, 0.25) is 0 Å². The standard InChI is InChI=1S/C29H38FN3O4/c1-29(2,30)19-32-13-11-20(12-14-32)18-37-25-9-7-23(8-10-25)22-3-5-24(6-4-22)28(36)33-16-21(17-34)15-26(33)27(31)35/h3-10,20-21,26,34H,11-19H2,1-2H3,(H2,31,35)/t21?,26-/m0/s1. The second-order valence-electron chi connectivity index (χ2n) is 11.0. The van der Waals surface area contributed by atoms with Crippen LogP contribution in [-0.2, 0) is 4.79 Å². The fraction of sp³-hybridized carbons (Fsp3) is 0.517. The van der Waals surface area contributed by atoms with E-state index in [4.69, 9.17) is 10.5 Å². The molecule has 0 saturated carbocycles. The van der Waals surface area contributed by atoms with Crippen LogP contribution in [0.5, 0.6) is 5.75 Å². The molecule has 2 aromatic rings. The summed E-state index contributed by atoms with van der Waals surface area (Å²) in [5.74, 6) is 0.348. The van der Waals surface area contributed by atoms with E-state index in [2.05, 4.69) is 4.90 Å². The van der Waals surface area contributed by atoms with Gasteiger partial charge < -0.3 is 25.4 Å². The third-order valence-corrected chi connectivity index (χ3v) is 7.35. The van der Waals surface area contributed by atoms with Gasteiger partial charge in [0.15, 0.2) is 0 Å². The second-order valence-corrected chi connectivity index (χ2v) is 11.0. The lowest BCUT2D eigenvalue weighted by Gasteiger charge is -2.34. The maximum Gasteiger partial charge on any atom is 0.254 e. The first kappa shape index (κ1) is 27.1. The summed E-state index contributed by atoms with van der Waals surface area (Å²) in [6, 6.07) is 14.5. The van der Waals surface area contributed by atoms with Gasteiger partial charge in [-0.05, 0) is 87.5 Å². The van der Waals surface area contributed by atoms with E-state index in [-0.39, 0.29) is 18.4 Å². The molecule has 37 heavy (non-hydrogen) atoms. The van der Waals surface area contributed by atoms with Gasteiger partial charge >= 0.3 is 0 Å². The Balaban J connectivity index is 1.30. The largest absolute Gasteiger partial charge is 0.493 e. The zero-order valence-corrected chi connectivity index (χ0v) is 21.7. The molecule has 2 saturated heterocycles. The average molecular weight is 512 g/mol. The number of nitrogens with zero attached hydrogens (tertiary/aromatic N) is 2. The Morgan fingerprint density at radius 2 is 1.62 bits per heavy atom. The van der Waals surface area contributed by atoms with Crippen LogP contribution in [0.15, 0.2) is 48.5 Å². The SMILES string of the molecule is CC(C)(F)CN1CCC(COc2ccc(-c3ccc(C(=O)N4CC(CO)C[C@H]4C(N)=O)cc3)cc2)CC1. The molecule has 2 aliphatic heterocycles. The number of nitrogens with two attached hydrogens (primary N) is 1. The molecule has 3 N–H and O–H groups in total. The van der Waals surface area contributed by atoms with Crippen LogP contribution in [0.25, 0.3) is 11.1 Å². The number of piperidine rings is 1. The highest BCUT2D eigenvalue weighted by Gasteiger charge is 2.38. The first-order valence-corrected chi connectivity index (χ1v) is 13.1. The first-order chi connectivity index (χ1) is 17.6. The smallest absolute Gasteiger partial charge is 0.254 e. The molecule has 7 nitrogen and oxygen atoms in total. The lowest BCUT2D eigenvalue weighted by atomic mass is 9.97. The van der Waals surface area contributed by atoms with Gasteiger partial charge in [0.05, 0.1) is 6.61 Å². The summed E-state index contributed by atoms with van der Waals surface area (Å²) in [5, 5.41) is 9.45. The van der Waals surface area contributed by atoms with Gasteiger partial charge in [-0.15, -0.1) is 0 Å². The zero-order chi connectivity index (χ0) is 26.6. The molecule has 0 aliphatic carbocycles. The van der Waals surface area contributed by atoms with E-state index >= 15 is 0 Å². The number of ether oxygens (including phenoxy) is 1. The molecule has 2 amide bonds. The molecule has 1 unspecified atom stereocenters. The number of carbonyl (C=O) groups excluding carboxylic acids is 2. The number of aliphatic hydroxyl groups is 1. The molecule has 2 aliphatic rings. The van der Waals surface area contributed by atoms with E-state index in [1.807, 2.05) is 36.4 Å². The summed E-state index contributed by atoms with van der Waals surface area (Å²) in [6.07, 6.45) is 2.41. The number of halogens is 1. The van der Waals surface area contributed by atoms with Crippen molar-refractivity contribution in [1.29, 1.82) is 0 Å². The topological polar surface area (TPSA) is 96.1 Å². The van der Waals surface area contributed by atoms with E-state index in [0.29, 0.717) is 37.6 Å².